The number of hydrogen-bond donors (Lipinski definition) is 0. The zero-order valence-electron chi connectivity index (χ0n) is 4.81. The molecular formula is C3H6N2O4. The molecule has 0 aromatic heterocycles. The normalized spacial score (nSPS) is 11.7. The summed E-state index contributed by atoms with van der Waals surface area (Å²) < 4.78 is 0. The van der Waals surface area contributed by atoms with Crippen molar-refractivity contribution in [3.8, 4) is 0 Å². The Morgan fingerprint density at radius 2 is 2.11 bits per heavy atom. The third kappa shape index (κ3) is 4.66. The topological polar surface area (TPSA) is 77.3 Å². The van der Waals surface area contributed by atoms with Gasteiger partial charge in [-0.2, -0.15) is 0 Å². The van der Waals surface area contributed by atoms with Crippen LogP contribution in [0.1, 0.15) is 6.92 Å². The van der Waals surface area contributed by atoms with Gasteiger partial charge in [-0.3, -0.25) is 0 Å². The molecule has 6 nitrogen and oxygen atoms in total. The van der Waals surface area contributed by atoms with E-state index in [4.69, 9.17) is 0 Å². The van der Waals surface area contributed by atoms with Crippen molar-refractivity contribution in [2.75, 3.05) is 6.61 Å². The molecule has 6 heteroatoms. The van der Waals surface area contributed by atoms with Crippen LogP contribution in [0.5, 0.6) is 0 Å². The van der Waals surface area contributed by atoms with Crippen LogP contribution in [0.25, 0.3) is 0 Å². The molecule has 52 valence electrons. The molecule has 0 aromatic rings. The molecule has 9 heavy (non-hydrogen) atoms. The molecule has 0 spiro atoms. The maximum absolute atomic E-state index is 9.34. The summed E-state index contributed by atoms with van der Waals surface area (Å²) in [5.41, 5.74) is 0. The highest BCUT2D eigenvalue weighted by Gasteiger charge is 2.01. The van der Waals surface area contributed by atoms with Crippen molar-refractivity contribution in [1.82, 2.24) is 0 Å². The lowest BCUT2D eigenvalue weighted by Crippen LogP contribution is -2.10. The van der Waals surface area contributed by atoms with Gasteiger partial charge in [-0.05, 0) is 6.92 Å². The summed E-state index contributed by atoms with van der Waals surface area (Å²) in [5.74, 6) is 0. The summed E-state index contributed by atoms with van der Waals surface area (Å²) in [6, 6.07) is 0. The molecular weight excluding hydrogens is 128 g/mol. The van der Waals surface area contributed by atoms with Crippen LogP contribution < -0.4 is 0 Å². The lowest BCUT2D eigenvalue weighted by Gasteiger charge is -2.01. The maximum Gasteiger partial charge on any atom is 0.164 e. The van der Waals surface area contributed by atoms with Gasteiger partial charge in [0.05, 0.1) is 0 Å². The van der Waals surface area contributed by atoms with Crippen molar-refractivity contribution in [2.45, 2.75) is 13.0 Å². The molecule has 0 saturated heterocycles. The first-order valence-electron chi connectivity index (χ1n) is 2.24. The van der Waals surface area contributed by atoms with Crippen LogP contribution in [-0.2, 0) is 9.68 Å². The summed E-state index contributed by atoms with van der Waals surface area (Å²) in [6.45, 7) is 1.46. The molecule has 0 heterocycles. The summed E-state index contributed by atoms with van der Waals surface area (Å²) in [5, 5.41) is 4.20. The van der Waals surface area contributed by atoms with Crippen molar-refractivity contribution < 1.29 is 9.68 Å². The van der Waals surface area contributed by atoms with Gasteiger partial charge in [0, 0.05) is 0 Å². The minimum Gasteiger partial charge on any atom is -0.360 e. The second kappa shape index (κ2) is 4.95. The van der Waals surface area contributed by atoms with Crippen molar-refractivity contribution in [2.24, 2.45) is 10.7 Å². The molecule has 1 unspecified atom stereocenters. The van der Waals surface area contributed by atoms with Crippen LogP contribution in [0.3, 0.4) is 0 Å². The Bertz CT molecular complexity index is 95.8. The van der Waals surface area contributed by atoms with Gasteiger partial charge >= 0.3 is 0 Å². The molecule has 1 atom stereocenters. The molecule has 0 saturated carbocycles. The van der Waals surface area contributed by atoms with Gasteiger partial charge in [0.25, 0.3) is 0 Å². The van der Waals surface area contributed by atoms with Crippen LogP contribution in [0, 0.1) is 9.81 Å². The predicted octanol–water partition coefficient (Wildman–Crippen LogP) is 0.771. The average molecular weight is 134 g/mol. The fourth-order valence-electron chi connectivity index (χ4n) is 0.239. The molecule has 0 aliphatic heterocycles. The predicted molar refractivity (Wildman–Crippen MR) is 28.1 cm³/mol. The number of rotatable bonds is 5. The molecule has 0 radical (unpaired) electrons. The van der Waals surface area contributed by atoms with E-state index >= 15 is 0 Å². The average Bonchev–Trinajstić information content (AvgIpc) is 1.85. The Labute approximate surface area is 51.0 Å². The Morgan fingerprint density at radius 3 is 2.56 bits per heavy atom. The van der Waals surface area contributed by atoms with Crippen LogP contribution in [0.15, 0.2) is 10.7 Å². The highest BCUT2D eigenvalue weighted by Crippen LogP contribution is 1.91. The van der Waals surface area contributed by atoms with E-state index in [0.29, 0.717) is 0 Å². The van der Waals surface area contributed by atoms with Gasteiger partial charge in [0.15, 0.2) is 23.4 Å². The van der Waals surface area contributed by atoms with Gasteiger partial charge in [-0.15, -0.1) is 9.81 Å². The highest BCUT2D eigenvalue weighted by molar-refractivity contribution is 4.41. The Balaban J connectivity index is 3.14. The second-order valence-corrected chi connectivity index (χ2v) is 1.36. The fourth-order valence-corrected chi connectivity index (χ4v) is 0.239. The summed E-state index contributed by atoms with van der Waals surface area (Å²) in [4.78, 5) is 26.7. The SMILES string of the molecule is CC(CON=O)ON=O. The summed E-state index contributed by atoms with van der Waals surface area (Å²) >= 11 is 0. The van der Waals surface area contributed by atoms with Crippen molar-refractivity contribution >= 4 is 0 Å². The first-order valence-corrected chi connectivity index (χ1v) is 2.24. The first-order chi connectivity index (χ1) is 4.31. The quantitative estimate of drug-likeness (QED) is 0.411. The van der Waals surface area contributed by atoms with Crippen LogP contribution >= 0.6 is 0 Å². The smallest absolute Gasteiger partial charge is 0.164 e. The molecule has 0 bridgehead atoms. The van der Waals surface area contributed by atoms with Crippen LogP contribution in [-0.4, -0.2) is 12.7 Å². The summed E-state index contributed by atoms with van der Waals surface area (Å²) in [6.07, 6.45) is -0.528. The molecule has 0 rings (SSSR count). The number of hydrogen-bond acceptors (Lipinski definition) is 6. The van der Waals surface area contributed by atoms with Gasteiger partial charge in [0.1, 0.15) is 0 Å². The van der Waals surface area contributed by atoms with Crippen molar-refractivity contribution in [3.05, 3.63) is 9.81 Å². The Kier molecular flexibility index (Phi) is 4.29. The van der Waals surface area contributed by atoms with Crippen molar-refractivity contribution in [3.63, 3.8) is 0 Å². The molecule has 0 aromatic carbocycles. The molecule has 0 aliphatic carbocycles. The standard InChI is InChI=1S/C3H6N2O4/c1-3(9-5-7)2-8-4-6/h3H,2H2,1H3. The molecule has 0 amide bonds. The minimum absolute atomic E-state index is 0.0603. The lowest BCUT2D eigenvalue weighted by molar-refractivity contribution is -0.00610. The zero-order chi connectivity index (χ0) is 7.11. The highest BCUT2D eigenvalue weighted by atomic mass is 16.8. The van der Waals surface area contributed by atoms with E-state index < -0.39 is 6.10 Å². The Morgan fingerprint density at radius 1 is 1.44 bits per heavy atom. The largest absolute Gasteiger partial charge is 0.360 e. The fraction of sp³-hybridized carbons (Fsp3) is 1.00. The van der Waals surface area contributed by atoms with E-state index in [1.54, 1.807) is 0 Å². The number of nitrogens with zero attached hydrogens (tertiary/aromatic N) is 2. The maximum atomic E-state index is 9.34. The van der Waals surface area contributed by atoms with E-state index in [-0.39, 0.29) is 6.61 Å². The van der Waals surface area contributed by atoms with E-state index in [0.717, 1.165) is 0 Å². The van der Waals surface area contributed by atoms with Crippen LogP contribution in [0.4, 0.5) is 0 Å². The monoisotopic (exact) mass is 134 g/mol. The molecule has 0 fully saturated rings. The van der Waals surface area contributed by atoms with E-state index in [9.17, 15) is 9.81 Å². The Hall–Kier alpha value is -1.20. The first kappa shape index (κ1) is 7.80. The summed E-state index contributed by atoms with van der Waals surface area (Å²) in [7, 11) is 0. The van der Waals surface area contributed by atoms with Crippen molar-refractivity contribution in [1.29, 1.82) is 0 Å². The zero-order valence-corrected chi connectivity index (χ0v) is 4.81. The van der Waals surface area contributed by atoms with Gasteiger partial charge in [0.2, 0.25) is 0 Å². The second-order valence-electron chi connectivity index (χ2n) is 1.36. The molecule has 0 N–H and O–H groups in total. The van der Waals surface area contributed by atoms with E-state index in [2.05, 4.69) is 20.4 Å². The van der Waals surface area contributed by atoms with Crippen LogP contribution in [0.2, 0.25) is 0 Å². The van der Waals surface area contributed by atoms with Gasteiger partial charge < -0.3 is 9.68 Å². The third-order valence-corrected chi connectivity index (χ3v) is 0.585. The van der Waals surface area contributed by atoms with E-state index in [1.807, 2.05) is 0 Å². The van der Waals surface area contributed by atoms with E-state index in [1.165, 1.54) is 6.92 Å². The molecule has 0 aliphatic rings. The third-order valence-electron chi connectivity index (χ3n) is 0.585. The minimum atomic E-state index is -0.528. The van der Waals surface area contributed by atoms with Gasteiger partial charge in [-0.1, -0.05) is 0 Å². The van der Waals surface area contributed by atoms with Gasteiger partial charge in [-0.25, -0.2) is 0 Å². The lowest BCUT2D eigenvalue weighted by atomic mass is 10.5.